The third kappa shape index (κ3) is 6.04. The lowest BCUT2D eigenvalue weighted by Crippen LogP contribution is -2.03. The SMILES string of the molecule is COC(=Nc1ccc(Cc2ccc(N=C(OC)c3ccccc3)cc2C)c(C)c1)c1ccccc1. The predicted octanol–water partition coefficient (Wildman–Crippen LogP) is 7.34. The average molecular weight is 463 g/mol. The molecule has 35 heavy (non-hydrogen) atoms. The highest BCUT2D eigenvalue weighted by Crippen LogP contribution is 2.25. The summed E-state index contributed by atoms with van der Waals surface area (Å²) in [4.78, 5) is 9.43. The Hall–Kier alpha value is -4.18. The topological polar surface area (TPSA) is 43.2 Å². The van der Waals surface area contributed by atoms with Crippen LogP contribution in [0, 0.1) is 13.8 Å². The van der Waals surface area contributed by atoms with Gasteiger partial charge in [-0.2, -0.15) is 0 Å². The van der Waals surface area contributed by atoms with E-state index in [-0.39, 0.29) is 0 Å². The van der Waals surface area contributed by atoms with E-state index in [2.05, 4.69) is 38.1 Å². The molecule has 0 unspecified atom stereocenters. The van der Waals surface area contributed by atoms with E-state index in [0.717, 1.165) is 28.9 Å². The quantitative estimate of drug-likeness (QED) is 0.222. The number of aliphatic imine (C=N–C) groups is 2. The maximum absolute atomic E-state index is 5.53. The van der Waals surface area contributed by atoms with Crippen LogP contribution in [0.4, 0.5) is 11.4 Å². The predicted molar refractivity (Wildman–Crippen MR) is 144 cm³/mol. The van der Waals surface area contributed by atoms with E-state index in [9.17, 15) is 0 Å². The molecular weight excluding hydrogens is 432 g/mol. The average Bonchev–Trinajstić information content (AvgIpc) is 2.89. The number of ether oxygens (including phenoxy) is 2. The first-order valence-corrected chi connectivity index (χ1v) is 11.6. The standard InChI is InChI=1S/C31H30N2O2/c1-22-19-28(32-30(34-3)24-11-7-5-8-12-24)17-15-26(22)21-27-16-18-29(20-23(27)2)33-31(35-4)25-13-9-6-10-14-25/h5-20H,21H2,1-4H3. The van der Waals surface area contributed by atoms with Gasteiger partial charge in [0.1, 0.15) is 0 Å². The molecule has 0 spiro atoms. The molecule has 0 N–H and O–H groups in total. The highest BCUT2D eigenvalue weighted by Gasteiger charge is 2.08. The number of hydrogen-bond donors (Lipinski definition) is 0. The van der Waals surface area contributed by atoms with E-state index in [1.165, 1.54) is 22.3 Å². The Labute approximate surface area is 207 Å². The number of nitrogens with zero attached hydrogens (tertiary/aromatic N) is 2. The molecule has 0 aliphatic heterocycles. The molecule has 176 valence electrons. The molecule has 4 rings (SSSR count). The molecule has 4 heteroatoms. The van der Waals surface area contributed by atoms with Crippen LogP contribution >= 0.6 is 0 Å². The molecule has 4 nitrogen and oxygen atoms in total. The molecule has 4 aromatic carbocycles. The van der Waals surface area contributed by atoms with E-state index in [4.69, 9.17) is 19.5 Å². The molecule has 0 fully saturated rings. The zero-order valence-corrected chi connectivity index (χ0v) is 20.7. The maximum atomic E-state index is 5.53. The van der Waals surface area contributed by atoms with Gasteiger partial charge in [-0.15, -0.1) is 0 Å². The summed E-state index contributed by atoms with van der Waals surface area (Å²) in [6.45, 7) is 4.25. The van der Waals surface area contributed by atoms with Gasteiger partial charge >= 0.3 is 0 Å². The van der Waals surface area contributed by atoms with E-state index in [1.807, 2.05) is 72.8 Å². The molecule has 0 bridgehead atoms. The van der Waals surface area contributed by atoms with Crippen molar-refractivity contribution >= 4 is 23.2 Å². The molecule has 0 radical (unpaired) electrons. The minimum absolute atomic E-state index is 0.607. The first-order chi connectivity index (χ1) is 17.1. The Bertz CT molecular complexity index is 1240. The van der Waals surface area contributed by atoms with E-state index in [0.29, 0.717) is 11.8 Å². The van der Waals surface area contributed by atoms with Crippen molar-refractivity contribution in [2.75, 3.05) is 14.2 Å². The summed E-state index contributed by atoms with van der Waals surface area (Å²) in [5, 5.41) is 0. The van der Waals surface area contributed by atoms with Crippen LogP contribution in [0.25, 0.3) is 0 Å². The highest BCUT2D eigenvalue weighted by molar-refractivity contribution is 5.96. The van der Waals surface area contributed by atoms with E-state index >= 15 is 0 Å². The van der Waals surface area contributed by atoms with Crippen molar-refractivity contribution in [1.82, 2.24) is 0 Å². The lowest BCUT2D eigenvalue weighted by Gasteiger charge is -2.11. The summed E-state index contributed by atoms with van der Waals surface area (Å²) in [5.41, 5.74) is 8.59. The van der Waals surface area contributed by atoms with E-state index < -0.39 is 0 Å². The summed E-state index contributed by atoms with van der Waals surface area (Å²) < 4.78 is 11.1. The van der Waals surface area contributed by atoms with Crippen LogP contribution in [0.1, 0.15) is 33.4 Å². The van der Waals surface area contributed by atoms with Crippen molar-refractivity contribution < 1.29 is 9.47 Å². The Morgan fingerprint density at radius 2 is 0.971 bits per heavy atom. The van der Waals surface area contributed by atoms with Crippen molar-refractivity contribution in [3.05, 3.63) is 130 Å². The summed E-state index contributed by atoms with van der Waals surface area (Å²) in [5.74, 6) is 1.21. The zero-order valence-electron chi connectivity index (χ0n) is 20.7. The second-order valence-corrected chi connectivity index (χ2v) is 8.37. The van der Waals surface area contributed by atoms with Gasteiger partial charge in [0, 0.05) is 11.1 Å². The van der Waals surface area contributed by atoms with Crippen molar-refractivity contribution in [2.45, 2.75) is 20.3 Å². The molecule has 0 amide bonds. The van der Waals surface area contributed by atoms with Gasteiger partial charge < -0.3 is 9.47 Å². The number of hydrogen-bond acceptors (Lipinski definition) is 4. The Morgan fingerprint density at radius 3 is 1.31 bits per heavy atom. The van der Waals surface area contributed by atoms with Crippen molar-refractivity contribution in [2.24, 2.45) is 9.98 Å². The smallest absolute Gasteiger partial charge is 0.220 e. The largest absolute Gasteiger partial charge is 0.481 e. The fourth-order valence-electron chi connectivity index (χ4n) is 3.95. The van der Waals surface area contributed by atoms with Crippen LogP contribution in [-0.2, 0) is 15.9 Å². The summed E-state index contributed by atoms with van der Waals surface area (Å²) in [7, 11) is 3.30. The van der Waals surface area contributed by atoms with Crippen LogP contribution < -0.4 is 0 Å². The lowest BCUT2D eigenvalue weighted by atomic mass is 9.97. The van der Waals surface area contributed by atoms with Gasteiger partial charge in [0.2, 0.25) is 11.8 Å². The molecule has 4 aromatic rings. The van der Waals surface area contributed by atoms with Gasteiger partial charge in [-0.25, -0.2) is 9.98 Å². The van der Waals surface area contributed by atoms with Gasteiger partial charge in [-0.05, 0) is 91.1 Å². The molecule has 0 heterocycles. The van der Waals surface area contributed by atoms with Gasteiger partial charge in [-0.1, -0.05) is 48.5 Å². The highest BCUT2D eigenvalue weighted by atomic mass is 16.5. The molecule has 0 aliphatic rings. The summed E-state index contributed by atoms with van der Waals surface area (Å²) in [6.07, 6.45) is 0.845. The van der Waals surface area contributed by atoms with Crippen LogP contribution in [-0.4, -0.2) is 26.0 Å². The van der Waals surface area contributed by atoms with Gasteiger partial charge in [0.25, 0.3) is 0 Å². The molecule has 0 atom stereocenters. The van der Waals surface area contributed by atoms with Crippen LogP contribution in [0.2, 0.25) is 0 Å². The normalized spacial score (nSPS) is 11.9. The fraction of sp³-hybridized carbons (Fsp3) is 0.161. The zero-order chi connectivity index (χ0) is 24.6. The minimum atomic E-state index is 0.607. The van der Waals surface area contributed by atoms with Gasteiger partial charge in [0.05, 0.1) is 25.6 Å². The van der Waals surface area contributed by atoms with Gasteiger partial charge in [0.15, 0.2) is 0 Å². The number of rotatable bonds is 6. The monoisotopic (exact) mass is 462 g/mol. The second kappa shape index (κ2) is 11.3. The first-order valence-electron chi connectivity index (χ1n) is 11.6. The summed E-state index contributed by atoms with van der Waals surface area (Å²) in [6, 6.07) is 32.5. The number of methoxy groups -OCH3 is 2. The molecule has 0 saturated heterocycles. The number of aryl methyl sites for hydroxylation is 2. The van der Waals surface area contributed by atoms with E-state index in [1.54, 1.807) is 14.2 Å². The minimum Gasteiger partial charge on any atom is -0.481 e. The Morgan fingerprint density at radius 1 is 0.571 bits per heavy atom. The number of benzene rings is 4. The lowest BCUT2D eigenvalue weighted by molar-refractivity contribution is 0.405. The molecule has 0 aromatic heterocycles. The molecule has 0 saturated carbocycles. The van der Waals surface area contributed by atoms with Crippen molar-refractivity contribution in [1.29, 1.82) is 0 Å². The Balaban J connectivity index is 1.53. The fourth-order valence-corrected chi connectivity index (χ4v) is 3.95. The molecule has 0 aliphatic carbocycles. The van der Waals surface area contributed by atoms with Gasteiger partial charge in [-0.3, -0.25) is 0 Å². The first kappa shape index (κ1) is 24.0. The third-order valence-electron chi connectivity index (χ3n) is 5.92. The second-order valence-electron chi connectivity index (χ2n) is 8.37. The van der Waals surface area contributed by atoms with Crippen molar-refractivity contribution in [3.8, 4) is 0 Å². The van der Waals surface area contributed by atoms with Crippen molar-refractivity contribution in [3.63, 3.8) is 0 Å². The van der Waals surface area contributed by atoms with Crippen LogP contribution in [0.5, 0.6) is 0 Å². The van der Waals surface area contributed by atoms with Crippen LogP contribution in [0.3, 0.4) is 0 Å². The third-order valence-corrected chi connectivity index (χ3v) is 5.92. The maximum Gasteiger partial charge on any atom is 0.220 e. The van der Waals surface area contributed by atoms with Crippen LogP contribution in [0.15, 0.2) is 107 Å². The Kier molecular flexibility index (Phi) is 7.74. The molecular formula is C31H30N2O2. The summed E-state index contributed by atoms with van der Waals surface area (Å²) >= 11 is 0.